The molecule has 0 aliphatic rings. The number of esters is 1. The van der Waals surface area contributed by atoms with Gasteiger partial charge in [0, 0.05) is 5.69 Å². The van der Waals surface area contributed by atoms with Crippen LogP contribution in [0.1, 0.15) is 28.4 Å². The molecule has 0 aliphatic carbocycles. The van der Waals surface area contributed by atoms with Crippen molar-refractivity contribution in [1.29, 1.82) is 0 Å². The third-order valence-corrected chi connectivity index (χ3v) is 2.62. The van der Waals surface area contributed by atoms with Gasteiger partial charge in [-0.05, 0) is 17.7 Å². The lowest BCUT2D eigenvalue weighted by atomic mass is 9.99. The standard InChI is InChI=1S/C12H15NO6/c1-19-10(15)5-9(14)11(16)6-2-3-7(12(17)18)8(13)4-6/h2-4,9,11,14,16H,5,13H2,1H3,(H,17,18). The lowest BCUT2D eigenvalue weighted by Gasteiger charge is -2.17. The number of nitrogens with two attached hydrogens (primary N) is 1. The number of hydrogen-bond donors (Lipinski definition) is 4. The fourth-order valence-electron chi connectivity index (χ4n) is 1.55. The fourth-order valence-corrected chi connectivity index (χ4v) is 1.55. The first-order valence-corrected chi connectivity index (χ1v) is 5.42. The third kappa shape index (κ3) is 3.67. The molecule has 0 heterocycles. The highest BCUT2D eigenvalue weighted by molar-refractivity contribution is 5.93. The Hall–Kier alpha value is -2.12. The zero-order valence-electron chi connectivity index (χ0n) is 10.2. The molecule has 2 atom stereocenters. The molecule has 2 unspecified atom stereocenters. The number of hydrogen-bond acceptors (Lipinski definition) is 6. The number of rotatable bonds is 5. The van der Waals surface area contributed by atoms with Crippen LogP contribution in [0.2, 0.25) is 0 Å². The molecule has 0 fully saturated rings. The number of carboxylic acid groups (broad SMARTS) is 1. The molecule has 0 saturated heterocycles. The van der Waals surface area contributed by atoms with Gasteiger partial charge in [0.05, 0.1) is 25.2 Å². The number of aliphatic hydroxyl groups is 2. The van der Waals surface area contributed by atoms with Gasteiger partial charge >= 0.3 is 11.9 Å². The van der Waals surface area contributed by atoms with Crippen molar-refractivity contribution in [3.8, 4) is 0 Å². The molecule has 0 amide bonds. The van der Waals surface area contributed by atoms with E-state index in [0.29, 0.717) is 0 Å². The van der Waals surface area contributed by atoms with Crippen LogP contribution in [0.3, 0.4) is 0 Å². The lowest BCUT2D eigenvalue weighted by molar-refractivity contribution is -0.144. The second-order valence-electron chi connectivity index (χ2n) is 3.94. The summed E-state index contributed by atoms with van der Waals surface area (Å²) in [5.74, 6) is -1.85. The van der Waals surface area contributed by atoms with Crippen molar-refractivity contribution in [1.82, 2.24) is 0 Å². The molecule has 0 radical (unpaired) electrons. The number of aliphatic hydroxyl groups excluding tert-OH is 2. The van der Waals surface area contributed by atoms with Crippen molar-refractivity contribution in [3.63, 3.8) is 0 Å². The van der Waals surface area contributed by atoms with E-state index in [9.17, 15) is 19.8 Å². The van der Waals surface area contributed by atoms with Gasteiger partial charge in [-0.1, -0.05) is 6.07 Å². The highest BCUT2D eigenvalue weighted by Gasteiger charge is 2.22. The molecule has 0 spiro atoms. The van der Waals surface area contributed by atoms with E-state index in [0.717, 1.165) is 0 Å². The van der Waals surface area contributed by atoms with Crippen LogP contribution in [0.5, 0.6) is 0 Å². The van der Waals surface area contributed by atoms with Gasteiger partial charge in [0.2, 0.25) is 0 Å². The Kier molecular flexibility index (Phi) is 4.85. The maximum Gasteiger partial charge on any atom is 0.337 e. The third-order valence-electron chi connectivity index (χ3n) is 2.62. The molecule has 0 saturated carbocycles. The van der Waals surface area contributed by atoms with Crippen LogP contribution in [-0.2, 0) is 9.53 Å². The number of ether oxygens (including phenoxy) is 1. The Morgan fingerprint density at radius 3 is 2.47 bits per heavy atom. The maximum atomic E-state index is 11.0. The smallest absolute Gasteiger partial charge is 0.337 e. The van der Waals surface area contributed by atoms with Crippen molar-refractivity contribution in [2.45, 2.75) is 18.6 Å². The van der Waals surface area contributed by atoms with Crippen molar-refractivity contribution in [3.05, 3.63) is 29.3 Å². The molecule has 1 rings (SSSR count). The molecule has 0 aromatic heterocycles. The summed E-state index contributed by atoms with van der Waals surface area (Å²) in [6, 6.07) is 3.79. The Bertz CT molecular complexity index is 487. The van der Waals surface area contributed by atoms with Gasteiger partial charge in [-0.25, -0.2) is 4.79 Å². The quantitative estimate of drug-likeness (QED) is 0.434. The first kappa shape index (κ1) is 14.9. The van der Waals surface area contributed by atoms with Gasteiger partial charge in [-0.15, -0.1) is 0 Å². The van der Waals surface area contributed by atoms with Crippen LogP contribution in [0.4, 0.5) is 5.69 Å². The maximum absolute atomic E-state index is 11.0. The number of methoxy groups -OCH3 is 1. The highest BCUT2D eigenvalue weighted by Crippen LogP contribution is 2.23. The van der Waals surface area contributed by atoms with Gasteiger partial charge in [0.25, 0.3) is 0 Å². The van der Waals surface area contributed by atoms with E-state index >= 15 is 0 Å². The summed E-state index contributed by atoms with van der Waals surface area (Å²) in [6.07, 6.45) is -3.09. The Morgan fingerprint density at radius 1 is 1.37 bits per heavy atom. The molecule has 0 bridgehead atoms. The zero-order chi connectivity index (χ0) is 14.6. The summed E-state index contributed by atoms with van der Waals surface area (Å²) >= 11 is 0. The van der Waals surface area contributed by atoms with Gasteiger partial charge < -0.3 is 25.8 Å². The van der Waals surface area contributed by atoms with E-state index < -0.39 is 24.1 Å². The second-order valence-corrected chi connectivity index (χ2v) is 3.94. The number of benzene rings is 1. The number of aromatic carboxylic acids is 1. The average molecular weight is 269 g/mol. The summed E-state index contributed by atoms with van der Waals surface area (Å²) in [7, 11) is 1.17. The molecule has 104 valence electrons. The summed E-state index contributed by atoms with van der Waals surface area (Å²) in [5.41, 5.74) is 5.61. The number of carbonyl (C=O) groups excluding carboxylic acids is 1. The second kappa shape index (κ2) is 6.17. The van der Waals surface area contributed by atoms with Crippen LogP contribution in [0.15, 0.2) is 18.2 Å². The summed E-state index contributed by atoms with van der Waals surface area (Å²) in [6.45, 7) is 0. The normalized spacial score (nSPS) is 13.6. The molecular weight excluding hydrogens is 254 g/mol. The number of nitrogen functional groups attached to an aromatic ring is 1. The van der Waals surface area contributed by atoms with Crippen molar-refractivity contribution in [2.75, 3.05) is 12.8 Å². The van der Waals surface area contributed by atoms with Gasteiger partial charge in [0.15, 0.2) is 0 Å². The Labute approximate surface area is 109 Å². The first-order valence-electron chi connectivity index (χ1n) is 5.42. The summed E-state index contributed by atoms with van der Waals surface area (Å²) in [5, 5.41) is 28.3. The van der Waals surface area contributed by atoms with Crippen molar-refractivity contribution < 1.29 is 29.6 Å². The van der Waals surface area contributed by atoms with E-state index in [-0.39, 0.29) is 23.2 Å². The molecular formula is C12H15NO6. The lowest BCUT2D eigenvalue weighted by Crippen LogP contribution is -2.22. The van der Waals surface area contributed by atoms with Gasteiger partial charge in [0.1, 0.15) is 6.10 Å². The minimum atomic E-state index is -1.36. The molecule has 5 N–H and O–H groups in total. The van der Waals surface area contributed by atoms with E-state index in [1.165, 1.54) is 25.3 Å². The molecule has 0 aliphatic heterocycles. The minimum Gasteiger partial charge on any atom is -0.478 e. The molecule has 7 heteroatoms. The highest BCUT2D eigenvalue weighted by atomic mass is 16.5. The molecule has 1 aromatic carbocycles. The van der Waals surface area contributed by atoms with Gasteiger partial charge in [-0.2, -0.15) is 0 Å². The number of carboxylic acids is 1. The van der Waals surface area contributed by atoms with Crippen LogP contribution >= 0.6 is 0 Å². The van der Waals surface area contributed by atoms with E-state index in [1.807, 2.05) is 0 Å². The van der Waals surface area contributed by atoms with E-state index in [2.05, 4.69) is 4.74 Å². The molecule has 19 heavy (non-hydrogen) atoms. The van der Waals surface area contributed by atoms with Gasteiger partial charge in [-0.3, -0.25) is 4.79 Å². The monoisotopic (exact) mass is 269 g/mol. The first-order chi connectivity index (χ1) is 8.86. The largest absolute Gasteiger partial charge is 0.478 e. The van der Waals surface area contributed by atoms with Crippen LogP contribution in [0.25, 0.3) is 0 Å². The SMILES string of the molecule is COC(=O)CC(O)C(O)c1ccc(C(=O)O)c(N)c1. The predicted molar refractivity (Wildman–Crippen MR) is 65.4 cm³/mol. The van der Waals surface area contributed by atoms with Crippen molar-refractivity contribution >= 4 is 17.6 Å². The molecule has 1 aromatic rings. The average Bonchev–Trinajstić information content (AvgIpc) is 2.36. The van der Waals surface area contributed by atoms with E-state index in [1.54, 1.807) is 0 Å². The van der Waals surface area contributed by atoms with Crippen molar-refractivity contribution in [2.24, 2.45) is 0 Å². The predicted octanol–water partition coefficient (Wildman–Crippen LogP) is -0.0756. The number of carbonyl (C=O) groups is 2. The number of anilines is 1. The zero-order valence-corrected chi connectivity index (χ0v) is 10.2. The molecule has 7 nitrogen and oxygen atoms in total. The van der Waals surface area contributed by atoms with Crippen LogP contribution in [-0.4, -0.2) is 40.5 Å². The summed E-state index contributed by atoms with van der Waals surface area (Å²) < 4.78 is 4.37. The van der Waals surface area contributed by atoms with E-state index in [4.69, 9.17) is 10.8 Å². The van der Waals surface area contributed by atoms with Crippen LogP contribution in [0, 0.1) is 0 Å². The Balaban J connectivity index is 2.88. The topological polar surface area (TPSA) is 130 Å². The minimum absolute atomic E-state index is 0.0330. The summed E-state index contributed by atoms with van der Waals surface area (Å²) in [4.78, 5) is 21.7. The fraction of sp³-hybridized carbons (Fsp3) is 0.333. The van der Waals surface area contributed by atoms with Crippen LogP contribution < -0.4 is 5.73 Å². The Morgan fingerprint density at radius 2 is 2.00 bits per heavy atom.